The van der Waals surface area contributed by atoms with Crippen molar-refractivity contribution in [2.45, 2.75) is 25.7 Å². The van der Waals surface area contributed by atoms with E-state index in [2.05, 4.69) is 4.99 Å². The molecular weight excluding hydrogens is 422 g/mol. The van der Waals surface area contributed by atoms with E-state index in [9.17, 15) is 8.42 Å². The first-order chi connectivity index (χ1) is 14.3. The lowest BCUT2D eigenvalue weighted by Gasteiger charge is -2.14. The third kappa shape index (κ3) is 5.01. The van der Waals surface area contributed by atoms with Crippen LogP contribution >= 0.6 is 11.6 Å². The van der Waals surface area contributed by atoms with Gasteiger partial charge in [-0.2, -0.15) is 8.42 Å². The Labute approximate surface area is 182 Å². The molecule has 0 aliphatic rings. The smallest absolute Gasteiger partial charge is 0.339 e. The molecule has 3 rings (SSSR count). The van der Waals surface area contributed by atoms with Gasteiger partial charge in [-0.15, -0.1) is 0 Å². The number of ether oxygens (including phenoxy) is 1. The van der Waals surface area contributed by atoms with Crippen LogP contribution < -0.4 is 8.92 Å². The molecule has 0 aliphatic carbocycles. The number of rotatable bonds is 7. The van der Waals surface area contributed by atoms with Crippen molar-refractivity contribution in [3.63, 3.8) is 0 Å². The SMILES string of the molecule is CCOc1cc(C=Nc2cccc(C)c2C)cc(Cl)c1OS(=O)(=O)c1ccccc1. The summed E-state index contributed by atoms with van der Waals surface area (Å²) in [5.41, 5.74) is 3.73. The summed E-state index contributed by atoms with van der Waals surface area (Å²) >= 11 is 6.37. The maximum Gasteiger partial charge on any atom is 0.339 e. The molecule has 7 heteroatoms. The minimum atomic E-state index is -4.05. The molecule has 0 aromatic heterocycles. The number of nitrogens with zero attached hydrogens (tertiary/aromatic N) is 1. The Morgan fingerprint density at radius 1 is 1.03 bits per heavy atom. The van der Waals surface area contributed by atoms with Gasteiger partial charge in [0.2, 0.25) is 5.75 Å². The highest BCUT2D eigenvalue weighted by Gasteiger charge is 2.22. The van der Waals surface area contributed by atoms with Crippen LogP contribution in [0.4, 0.5) is 5.69 Å². The molecule has 156 valence electrons. The Hall–Kier alpha value is -2.83. The van der Waals surface area contributed by atoms with Crippen molar-refractivity contribution in [2.75, 3.05) is 6.61 Å². The van der Waals surface area contributed by atoms with Gasteiger partial charge in [-0.1, -0.05) is 41.9 Å². The molecule has 0 bridgehead atoms. The lowest BCUT2D eigenvalue weighted by Crippen LogP contribution is -2.11. The molecule has 3 aromatic carbocycles. The fourth-order valence-corrected chi connectivity index (χ4v) is 4.05. The van der Waals surface area contributed by atoms with E-state index in [0.717, 1.165) is 16.8 Å². The second kappa shape index (κ2) is 9.32. The predicted molar refractivity (Wildman–Crippen MR) is 120 cm³/mol. The normalized spacial score (nSPS) is 11.6. The average Bonchev–Trinajstić information content (AvgIpc) is 2.72. The van der Waals surface area contributed by atoms with Gasteiger partial charge in [0.05, 0.1) is 17.3 Å². The molecule has 0 atom stereocenters. The molecule has 0 unspecified atom stereocenters. The second-order valence-corrected chi connectivity index (χ2v) is 8.54. The van der Waals surface area contributed by atoms with Crippen LogP contribution in [0.15, 0.2) is 70.6 Å². The van der Waals surface area contributed by atoms with E-state index < -0.39 is 10.1 Å². The largest absolute Gasteiger partial charge is 0.490 e. The van der Waals surface area contributed by atoms with Crippen LogP contribution in [0.2, 0.25) is 5.02 Å². The van der Waals surface area contributed by atoms with Crippen molar-refractivity contribution in [1.29, 1.82) is 0 Å². The fourth-order valence-electron chi connectivity index (χ4n) is 2.77. The van der Waals surface area contributed by atoms with Gasteiger partial charge in [0.1, 0.15) is 4.90 Å². The Morgan fingerprint density at radius 3 is 2.47 bits per heavy atom. The van der Waals surface area contributed by atoms with Gasteiger partial charge in [-0.25, -0.2) is 0 Å². The highest BCUT2D eigenvalue weighted by molar-refractivity contribution is 7.87. The fraction of sp³-hybridized carbons (Fsp3) is 0.174. The highest BCUT2D eigenvalue weighted by atomic mass is 35.5. The van der Waals surface area contributed by atoms with Crippen LogP contribution in [0.3, 0.4) is 0 Å². The molecule has 0 saturated heterocycles. The maximum atomic E-state index is 12.6. The molecule has 0 fully saturated rings. The van der Waals surface area contributed by atoms with Gasteiger partial charge in [-0.3, -0.25) is 4.99 Å². The monoisotopic (exact) mass is 443 g/mol. The number of benzene rings is 3. The zero-order chi connectivity index (χ0) is 21.7. The Morgan fingerprint density at radius 2 is 1.77 bits per heavy atom. The van der Waals surface area contributed by atoms with E-state index in [1.807, 2.05) is 32.0 Å². The van der Waals surface area contributed by atoms with Crippen molar-refractivity contribution in [3.8, 4) is 11.5 Å². The van der Waals surface area contributed by atoms with Crippen LogP contribution in [-0.4, -0.2) is 21.2 Å². The van der Waals surface area contributed by atoms with E-state index in [1.54, 1.807) is 43.5 Å². The summed E-state index contributed by atoms with van der Waals surface area (Å²) in [5, 5.41) is 0.114. The minimum Gasteiger partial charge on any atom is -0.490 e. The zero-order valence-corrected chi connectivity index (χ0v) is 18.5. The molecule has 0 spiro atoms. The lowest BCUT2D eigenvalue weighted by molar-refractivity contribution is 0.327. The maximum absolute atomic E-state index is 12.6. The Kier molecular flexibility index (Phi) is 6.80. The van der Waals surface area contributed by atoms with Crippen LogP contribution in [0.1, 0.15) is 23.6 Å². The van der Waals surface area contributed by atoms with E-state index in [4.69, 9.17) is 20.5 Å². The summed E-state index contributed by atoms with van der Waals surface area (Å²) in [7, 11) is -4.05. The Balaban J connectivity index is 1.96. The van der Waals surface area contributed by atoms with Gasteiger partial charge >= 0.3 is 10.1 Å². The standard InChI is InChI=1S/C23H22ClNO4S/c1-4-28-22-14-18(15-25-21-12-8-9-16(2)17(21)3)13-20(24)23(22)29-30(26,27)19-10-6-5-7-11-19/h5-15H,4H2,1-3H3. The minimum absolute atomic E-state index is 0.0316. The summed E-state index contributed by atoms with van der Waals surface area (Å²) in [6, 6.07) is 17.0. The van der Waals surface area contributed by atoms with Crippen molar-refractivity contribution in [1.82, 2.24) is 0 Å². The second-order valence-electron chi connectivity index (χ2n) is 6.59. The molecule has 0 radical (unpaired) electrons. The summed E-state index contributed by atoms with van der Waals surface area (Å²) in [6.07, 6.45) is 1.66. The van der Waals surface area contributed by atoms with Gasteiger partial charge in [0.15, 0.2) is 5.75 Å². The topological polar surface area (TPSA) is 65.0 Å². The van der Waals surface area contributed by atoms with Gasteiger partial charge in [0, 0.05) is 6.21 Å². The predicted octanol–water partition coefficient (Wildman–Crippen LogP) is 5.87. The summed E-state index contributed by atoms with van der Waals surface area (Å²) in [5.74, 6) is 0.179. The van der Waals surface area contributed by atoms with Crippen molar-refractivity contribution in [3.05, 3.63) is 82.4 Å². The molecule has 0 saturated carbocycles. The van der Waals surface area contributed by atoms with E-state index >= 15 is 0 Å². The molecule has 5 nitrogen and oxygen atoms in total. The number of hydrogen-bond acceptors (Lipinski definition) is 5. The molecule has 30 heavy (non-hydrogen) atoms. The van der Waals surface area contributed by atoms with Crippen molar-refractivity contribution < 1.29 is 17.3 Å². The van der Waals surface area contributed by atoms with E-state index in [1.165, 1.54) is 12.1 Å². The van der Waals surface area contributed by atoms with Crippen molar-refractivity contribution in [2.24, 2.45) is 4.99 Å². The van der Waals surface area contributed by atoms with Crippen LogP contribution in [0.25, 0.3) is 0 Å². The number of halogens is 1. The highest BCUT2D eigenvalue weighted by Crippen LogP contribution is 2.38. The van der Waals surface area contributed by atoms with Crippen molar-refractivity contribution >= 4 is 33.6 Å². The molecular formula is C23H22ClNO4S. The first kappa shape index (κ1) is 21.9. The van der Waals surface area contributed by atoms with Gasteiger partial charge in [0.25, 0.3) is 0 Å². The average molecular weight is 444 g/mol. The third-order valence-electron chi connectivity index (χ3n) is 4.49. The summed E-state index contributed by atoms with van der Waals surface area (Å²) in [6.45, 7) is 6.14. The summed E-state index contributed by atoms with van der Waals surface area (Å²) in [4.78, 5) is 4.56. The molecule has 0 amide bonds. The third-order valence-corrected chi connectivity index (χ3v) is 6.00. The molecule has 0 N–H and O–H groups in total. The van der Waals surface area contributed by atoms with Crippen LogP contribution in [-0.2, 0) is 10.1 Å². The van der Waals surface area contributed by atoms with Gasteiger partial charge < -0.3 is 8.92 Å². The van der Waals surface area contributed by atoms with Crippen LogP contribution in [0.5, 0.6) is 11.5 Å². The van der Waals surface area contributed by atoms with Gasteiger partial charge in [-0.05, 0) is 67.8 Å². The first-order valence-corrected chi connectivity index (χ1v) is 11.2. The van der Waals surface area contributed by atoms with E-state index in [-0.39, 0.29) is 21.4 Å². The quantitative estimate of drug-likeness (QED) is 0.338. The number of aryl methyl sites for hydroxylation is 1. The summed E-state index contributed by atoms with van der Waals surface area (Å²) < 4.78 is 36.2. The molecule has 0 heterocycles. The molecule has 3 aromatic rings. The first-order valence-electron chi connectivity index (χ1n) is 9.38. The number of hydrogen-bond donors (Lipinski definition) is 0. The zero-order valence-electron chi connectivity index (χ0n) is 16.9. The Bertz CT molecular complexity index is 1180. The van der Waals surface area contributed by atoms with Crippen LogP contribution in [0, 0.1) is 13.8 Å². The van der Waals surface area contributed by atoms with E-state index in [0.29, 0.717) is 12.2 Å². The molecule has 0 aliphatic heterocycles. The number of aliphatic imine (C=N–C) groups is 1. The lowest BCUT2D eigenvalue weighted by atomic mass is 10.1.